The van der Waals surface area contributed by atoms with Gasteiger partial charge < -0.3 is 14.8 Å². The number of carbonyl (C=O) groups is 1. The number of β-amino-alcohol motifs (C(OH)–C–C–N with tert-alkyl or cyclic N) is 1. The van der Waals surface area contributed by atoms with Gasteiger partial charge in [-0.3, -0.25) is 23.6 Å². The Morgan fingerprint density at radius 1 is 1.29 bits per heavy atom. The van der Waals surface area contributed by atoms with Gasteiger partial charge in [0.1, 0.15) is 35.1 Å². The second kappa shape index (κ2) is 9.44. The van der Waals surface area contributed by atoms with Gasteiger partial charge in [0.25, 0.3) is 11.5 Å². The van der Waals surface area contributed by atoms with E-state index in [1.54, 1.807) is 0 Å². The summed E-state index contributed by atoms with van der Waals surface area (Å²) in [5, 5.41) is 20.7. The Hall–Kier alpha value is -2.22. The molecule has 11 nitrogen and oxygen atoms in total. The van der Waals surface area contributed by atoms with Crippen LogP contribution in [-0.2, 0) is 31.6 Å². The van der Waals surface area contributed by atoms with Crippen molar-refractivity contribution in [1.82, 2.24) is 23.7 Å². The van der Waals surface area contributed by atoms with Gasteiger partial charge in [0.2, 0.25) is 0 Å². The highest BCUT2D eigenvalue weighted by atomic mass is 35.5. The first-order valence-electron chi connectivity index (χ1n) is 10.4. The van der Waals surface area contributed by atoms with E-state index in [2.05, 4.69) is 4.98 Å². The predicted octanol–water partition coefficient (Wildman–Crippen LogP) is 1.21. The van der Waals surface area contributed by atoms with Crippen LogP contribution < -0.4 is 11.2 Å². The summed E-state index contributed by atoms with van der Waals surface area (Å²) >= 11 is 13.4. The highest BCUT2D eigenvalue weighted by molar-refractivity contribution is 7.19. The van der Waals surface area contributed by atoms with Crippen molar-refractivity contribution in [3.8, 4) is 0 Å². The highest BCUT2D eigenvalue weighted by Gasteiger charge is 2.33. The molecule has 1 saturated heterocycles. The molecule has 184 valence electrons. The average Bonchev–Trinajstić information content (AvgIpc) is 3.46. The number of hydroxylamine groups is 2. The van der Waals surface area contributed by atoms with Crippen LogP contribution in [0.3, 0.4) is 0 Å². The summed E-state index contributed by atoms with van der Waals surface area (Å²) in [5.74, 6) is -0.369. The van der Waals surface area contributed by atoms with Crippen LogP contribution in [0, 0.1) is 5.92 Å². The molecule has 3 aromatic heterocycles. The van der Waals surface area contributed by atoms with E-state index in [0.29, 0.717) is 16.3 Å². The van der Waals surface area contributed by atoms with E-state index in [9.17, 15) is 24.6 Å². The first-order chi connectivity index (χ1) is 16.0. The molecule has 0 saturated carbocycles. The number of fused-ring (bicyclic) bond motifs is 1. The van der Waals surface area contributed by atoms with Gasteiger partial charge in [-0.1, -0.05) is 37.0 Å². The van der Waals surface area contributed by atoms with Crippen LogP contribution in [0.1, 0.15) is 34.9 Å². The summed E-state index contributed by atoms with van der Waals surface area (Å²) in [6.45, 7) is 3.58. The Labute approximate surface area is 207 Å². The number of amides is 1. The van der Waals surface area contributed by atoms with Gasteiger partial charge in [0.05, 0.1) is 24.0 Å². The molecule has 1 amide bonds. The Kier molecular flexibility index (Phi) is 6.91. The van der Waals surface area contributed by atoms with Crippen LogP contribution in [0.4, 0.5) is 0 Å². The van der Waals surface area contributed by atoms with Crippen molar-refractivity contribution in [3.63, 3.8) is 0 Å². The van der Waals surface area contributed by atoms with E-state index in [-0.39, 0.29) is 52.7 Å². The largest absolute Gasteiger partial charge is 0.389 e. The zero-order valence-corrected chi connectivity index (χ0v) is 20.9. The van der Waals surface area contributed by atoms with E-state index in [4.69, 9.17) is 28.0 Å². The second-order valence-corrected chi connectivity index (χ2v) is 10.2. The fourth-order valence-electron chi connectivity index (χ4n) is 3.85. The maximum absolute atomic E-state index is 13.5. The van der Waals surface area contributed by atoms with Gasteiger partial charge in [-0.15, -0.1) is 11.3 Å². The van der Waals surface area contributed by atoms with Crippen LogP contribution in [0.2, 0.25) is 10.3 Å². The standard InChI is InChI=1S/C20H23Cl2N5O6S/c1-9(2)4-26-19-14(17(30)24(3)20(26)32)13(18(31)27-5-10(29)8-33-27)11(34-19)6-25-12(7-28)23-15(21)16(25)22/h9-10,28-29H,4-8H2,1-3H3/t10-/m0/s1. The summed E-state index contributed by atoms with van der Waals surface area (Å²) in [6.07, 6.45) is -0.859. The lowest BCUT2D eigenvalue weighted by Gasteiger charge is -2.16. The van der Waals surface area contributed by atoms with Crippen LogP contribution in [0.25, 0.3) is 10.2 Å². The van der Waals surface area contributed by atoms with Crippen molar-refractivity contribution in [2.24, 2.45) is 13.0 Å². The highest BCUT2D eigenvalue weighted by Crippen LogP contribution is 2.33. The summed E-state index contributed by atoms with van der Waals surface area (Å²) < 4.78 is 3.87. The molecule has 1 aliphatic heterocycles. The summed E-state index contributed by atoms with van der Waals surface area (Å²) in [6, 6.07) is 0. The van der Waals surface area contributed by atoms with Crippen LogP contribution in [0.5, 0.6) is 0 Å². The fourth-order valence-corrected chi connectivity index (χ4v) is 5.52. The average molecular weight is 532 g/mol. The van der Waals surface area contributed by atoms with Gasteiger partial charge in [-0.25, -0.2) is 14.8 Å². The smallest absolute Gasteiger partial charge is 0.331 e. The third-order valence-electron chi connectivity index (χ3n) is 5.42. The molecule has 3 aromatic rings. The van der Waals surface area contributed by atoms with Crippen molar-refractivity contribution in [2.75, 3.05) is 13.2 Å². The zero-order chi connectivity index (χ0) is 24.9. The molecule has 14 heteroatoms. The minimum atomic E-state index is -0.859. The first kappa shape index (κ1) is 24.9. The number of thiophene rings is 1. The third-order valence-corrected chi connectivity index (χ3v) is 7.36. The summed E-state index contributed by atoms with van der Waals surface area (Å²) in [5.41, 5.74) is -1.08. The van der Waals surface area contributed by atoms with E-state index in [1.165, 1.54) is 16.2 Å². The summed E-state index contributed by atoms with van der Waals surface area (Å²) in [4.78, 5) is 49.8. The molecular formula is C20H23Cl2N5O6S. The van der Waals surface area contributed by atoms with E-state index < -0.39 is 29.9 Å². The van der Waals surface area contributed by atoms with Crippen LogP contribution >= 0.6 is 34.5 Å². The number of halogens is 2. The van der Waals surface area contributed by atoms with E-state index in [0.717, 1.165) is 21.0 Å². The van der Waals surface area contributed by atoms with Crippen LogP contribution in [-0.4, -0.2) is 59.1 Å². The molecule has 34 heavy (non-hydrogen) atoms. The number of aromatic nitrogens is 4. The lowest BCUT2D eigenvalue weighted by molar-refractivity contribution is -0.0778. The number of carbonyl (C=O) groups excluding carboxylic acids is 1. The quantitative estimate of drug-likeness (QED) is 0.488. The number of aliphatic hydroxyl groups excluding tert-OH is 2. The molecule has 0 aliphatic carbocycles. The summed E-state index contributed by atoms with van der Waals surface area (Å²) in [7, 11) is 1.36. The maximum Gasteiger partial charge on any atom is 0.331 e. The monoisotopic (exact) mass is 531 g/mol. The molecule has 0 unspecified atom stereocenters. The Balaban J connectivity index is 2.01. The number of aliphatic hydroxyl groups is 2. The molecule has 0 aromatic carbocycles. The lowest BCUT2D eigenvalue weighted by atomic mass is 10.1. The molecule has 1 fully saturated rings. The van der Waals surface area contributed by atoms with Gasteiger partial charge in [-0.05, 0) is 5.92 Å². The molecule has 4 rings (SSSR count). The van der Waals surface area contributed by atoms with Gasteiger partial charge in [-0.2, -0.15) is 0 Å². The molecule has 1 aliphatic rings. The van der Waals surface area contributed by atoms with Gasteiger partial charge in [0, 0.05) is 18.5 Å². The van der Waals surface area contributed by atoms with Gasteiger partial charge >= 0.3 is 5.69 Å². The number of rotatable bonds is 6. The number of imidazole rings is 1. The molecule has 0 bridgehead atoms. The Morgan fingerprint density at radius 2 is 2.00 bits per heavy atom. The van der Waals surface area contributed by atoms with Gasteiger partial charge in [0.15, 0.2) is 5.15 Å². The molecule has 1 atom stereocenters. The van der Waals surface area contributed by atoms with Crippen molar-refractivity contribution in [3.05, 3.63) is 47.4 Å². The zero-order valence-electron chi connectivity index (χ0n) is 18.6. The minimum absolute atomic E-state index is 0.0154. The lowest BCUT2D eigenvalue weighted by Crippen LogP contribution is -2.39. The SMILES string of the molecule is CC(C)Cn1c(=O)n(C)c(=O)c2c(C(=O)N3C[C@H](O)CO3)c(Cn3c(CO)nc(Cl)c3Cl)sc21. The molecule has 4 heterocycles. The maximum atomic E-state index is 13.5. The molecule has 0 radical (unpaired) electrons. The van der Waals surface area contributed by atoms with Crippen molar-refractivity contribution in [1.29, 1.82) is 0 Å². The predicted molar refractivity (Wildman–Crippen MR) is 126 cm³/mol. The van der Waals surface area contributed by atoms with E-state index in [1.807, 2.05) is 13.8 Å². The third kappa shape index (κ3) is 4.18. The van der Waals surface area contributed by atoms with Crippen molar-refractivity contribution < 1.29 is 19.8 Å². The molecular weight excluding hydrogens is 509 g/mol. The topological polar surface area (TPSA) is 132 Å². The van der Waals surface area contributed by atoms with Crippen molar-refractivity contribution >= 4 is 50.7 Å². The number of nitrogens with zero attached hydrogens (tertiary/aromatic N) is 5. The Bertz CT molecular complexity index is 1390. The Morgan fingerprint density at radius 3 is 2.59 bits per heavy atom. The normalized spacial score (nSPS) is 16.4. The molecule has 0 spiro atoms. The van der Waals surface area contributed by atoms with Crippen LogP contribution in [0.15, 0.2) is 9.59 Å². The number of hydrogen-bond donors (Lipinski definition) is 2. The second-order valence-electron chi connectivity index (χ2n) is 8.40. The first-order valence-corrected chi connectivity index (χ1v) is 12.0. The molecule has 2 N–H and O–H groups in total. The number of hydrogen-bond acceptors (Lipinski definition) is 8. The van der Waals surface area contributed by atoms with Crippen molar-refractivity contribution in [2.45, 2.75) is 39.6 Å². The fraction of sp³-hybridized carbons (Fsp3) is 0.500. The van der Waals surface area contributed by atoms with E-state index >= 15 is 0 Å². The minimum Gasteiger partial charge on any atom is -0.389 e.